The van der Waals surface area contributed by atoms with Gasteiger partial charge in [0.1, 0.15) is 5.75 Å². The molecule has 0 bridgehead atoms. The highest BCUT2D eigenvalue weighted by molar-refractivity contribution is 7.82. The van der Waals surface area contributed by atoms with Gasteiger partial charge in [0.15, 0.2) is 11.5 Å². The molecule has 2 aromatic carbocycles. The number of anilines is 2. The molecule has 40 heavy (non-hydrogen) atoms. The van der Waals surface area contributed by atoms with E-state index in [4.69, 9.17) is 9.17 Å². The molecule has 214 valence electrons. The molecule has 0 saturated heterocycles. The van der Waals surface area contributed by atoms with Crippen molar-refractivity contribution in [2.45, 2.75) is 80.1 Å². The van der Waals surface area contributed by atoms with Crippen LogP contribution in [0.2, 0.25) is 0 Å². The summed E-state index contributed by atoms with van der Waals surface area (Å²) in [6.07, 6.45) is 0. The number of H-pyrrole nitrogens is 1. The molecule has 0 aliphatic carbocycles. The summed E-state index contributed by atoms with van der Waals surface area (Å²) in [5.74, 6) is 0.847. The average molecular weight is 565 g/mol. The molecule has 0 aliphatic rings. The number of aryl methyl sites for hydroxylation is 1. The van der Waals surface area contributed by atoms with Crippen LogP contribution in [0.3, 0.4) is 0 Å². The molecule has 2 aromatic heterocycles. The Bertz CT molecular complexity index is 1550. The fourth-order valence-electron chi connectivity index (χ4n) is 3.84. The Labute approximate surface area is 238 Å². The van der Waals surface area contributed by atoms with E-state index in [0.717, 1.165) is 16.8 Å². The summed E-state index contributed by atoms with van der Waals surface area (Å²) >= 11 is -1.90. The van der Waals surface area contributed by atoms with Gasteiger partial charge < -0.3 is 9.50 Å². The van der Waals surface area contributed by atoms with Gasteiger partial charge in [0, 0.05) is 33.8 Å². The summed E-state index contributed by atoms with van der Waals surface area (Å²) in [5.41, 5.74) is 4.55. The van der Waals surface area contributed by atoms with E-state index < -0.39 is 16.7 Å². The van der Waals surface area contributed by atoms with Crippen molar-refractivity contribution in [3.63, 3.8) is 0 Å². The number of carbonyl (C=O) groups excluding carboxylic acids is 1. The minimum atomic E-state index is -1.90. The summed E-state index contributed by atoms with van der Waals surface area (Å²) in [4.78, 5) is 17.5. The predicted molar refractivity (Wildman–Crippen MR) is 162 cm³/mol. The second-order valence-corrected chi connectivity index (χ2v) is 14.1. The van der Waals surface area contributed by atoms with Crippen molar-refractivity contribution >= 4 is 34.2 Å². The average Bonchev–Trinajstić information content (AvgIpc) is 3.39. The molecule has 4 rings (SSSR count). The molecule has 4 aromatic rings. The van der Waals surface area contributed by atoms with Gasteiger partial charge in [-0.1, -0.05) is 74.4 Å². The molecule has 1 unspecified atom stereocenters. The SMILES string of the molecule is Cc1ccc(C(C)(C)C)cc1OS(=O)Nc1cc(NC(=O)C(C)(C)C)cc(-c2nc3cc(C(C)(C)C)[nH]n3n2)c1. The van der Waals surface area contributed by atoms with Crippen molar-refractivity contribution in [3.8, 4) is 17.1 Å². The van der Waals surface area contributed by atoms with Crippen LogP contribution >= 0.6 is 0 Å². The fourth-order valence-corrected chi connectivity index (χ4v) is 4.54. The molecule has 0 radical (unpaired) electrons. The van der Waals surface area contributed by atoms with Crippen LogP contribution < -0.4 is 14.2 Å². The van der Waals surface area contributed by atoms with E-state index in [2.05, 4.69) is 67.8 Å². The van der Waals surface area contributed by atoms with Gasteiger partial charge in [-0.3, -0.25) is 14.6 Å². The zero-order chi connectivity index (χ0) is 29.6. The highest BCUT2D eigenvalue weighted by atomic mass is 32.2. The first-order valence-electron chi connectivity index (χ1n) is 13.3. The third kappa shape index (κ3) is 6.72. The van der Waals surface area contributed by atoms with Crippen LogP contribution in [-0.2, 0) is 26.9 Å². The summed E-state index contributed by atoms with van der Waals surface area (Å²) in [5, 5.41) is 10.9. The Morgan fingerprint density at radius 3 is 2.20 bits per heavy atom. The number of hydrogen-bond acceptors (Lipinski definition) is 5. The number of carbonyl (C=O) groups is 1. The molecule has 2 heterocycles. The topological polar surface area (TPSA) is 113 Å². The molecular weight excluding hydrogens is 524 g/mol. The van der Waals surface area contributed by atoms with Gasteiger partial charge in [0.25, 0.3) is 0 Å². The van der Waals surface area contributed by atoms with E-state index in [1.807, 2.05) is 45.9 Å². The van der Waals surface area contributed by atoms with Crippen molar-refractivity contribution in [1.82, 2.24) is 19.8 Å². The zero-order valence-electron chi connectivity index (χ0n) is 25.0. The lowest BCUT2D eigenvalue weighted by Gasteiger charge is -2.20. The van der Waals surface area contributed by atoms with Crippen molar-refractivity contribution < 1.29 is 13.2 Å². The highest BCUT2D eigenvalue weighted by Gasteiger charge is 2.23. The molecule has 0 aliphatic heterocycles. The van der Waals surface area contributed by atoms with Crippen molar-refractivity contribution in [2.75, 3.05) is 10.0 Å². The van der Waals surface area contributed by atoms with Crippen LogP contribution in [0.5, 0.6) is 5.75 Å². The first-order chi connectivity index (χ1) is 18.4. The van der Waals surface area contributed by atoms with E-state index in [9.17, 15) is 9.00 Å². The number of nitrogens with zero attached hydrogens (tertiary/aromatic N) is 3. The quantitative estimate of drug-likeness (QED) is 0.242. The Morgan fingerprint density at radius 1 is 0.925 bits per heavy atom. The maximum Gasteiger partial charge on any atom is 0.316 e. The lowest BCUT2D eigenvalue weighted by atomic mass is 9.86. The molecule has 1 atom stereocenters. The lowest BCUT2D eigenvalue weighted by molar-refractivity contribution is -0.123. The van der Waals surface area contributed by atoms with Gasteiger partial charge in [0.2, 0.25) is 5.91 Å². The Balaban J connectivity index is 1.66. The van der Waals surface area contributed by atoms with Gasteiger partial charge in [-0.25, -0.2) is 4.98 Å². The molecule has 3 N–H and O–H groups in total. The van der Waals surface area contributed by atoms with E-state index in [-0.39, 0.29) is 16.7 Å². The number of amides is 1. The van der Waals surface area contributed by atoms with Crippen molar-refractivity contribution in [2.24, 2.45) is 5.41 Å². The maximum absolute atomic E-state index is 13.1. The minimum absolute atomic E-state index is 0.0778. The zero-order valence-corrected chi connectivity index (χ0v) is 25.8. The largest absolute Gasteiger partial charge is 0.385 e. The monoisotopic (exact) mass is 564 g/mol. The minimum Gasteiger partial charge on any atom is -0.385 e. The lowest BCUT2D eigenvalue weighted by Crippen LogP contribution is -2.27. The Kier molecular flexibility index (Phi) is 7.62. The standard InChI is InChI=1S/C30H40N6O3S/c1-18-11-12-20(28(2,3)4)15-23(18)39-40(38)35-22-14-19(13-21(16-22)31-27(37)30(8,9)10)26-32-25-17-24(29(5,6)7)33-36(25)34-26/h11-17,33,35H,1-10H3,(H,31,37). The smallest absolute Gasteiger partial charge is 0.316 e. The summed E-state index contributed by atoms with van der Waals surface area (Å²) in [6, 6.07) is 13.2. The third-order valence-electron chi connectivity index (χ3n) is 6.49. The van der Waals surface area contributed by atoms with Gasteiger partial charge in [-0.15, -0.1) is 5.10 Å². The number of benzene rings is 2. The highest BCUT2D eigenvalue weighted by Crippen LogP contribution is 2.31. The number of fused-ring (bicyclic) bond motifs is 1. The summed E-state index contributed by atoms with van der Waals surface area (Å²) < 4.78 is 23.5. The van der Waals surface area contributed by atoms with E-state index in [1.54, 1.807) is 22.8 Å². The number of rotatable bonds is 6. The number of nitrogens with one attached hydrogen (secondary N) is 3. The van der Waals surface area contributed by atoms with Crippen LogP contribution in [0.4, 0.5) is 11.4 Å². The van der Waals surface area contributed by atoms with Crippen LogP contribution in [-0.4, -0.2) is 29.9 Å². The predicted octanol–water partition coefficient (Wildman–Crippen LogP) is 6.68. The van der Waals surface area contributed by atoms with Gasteiger partial charge in [-0.2, -0.15) is 8.84 Å². The number of aromatic nitrogens is 4. The van der Waals surface area contributed by atoms with Gasteiger partial charge in [-0.05, 0) is 47.7 Å². The summed E-state index contributed by atoms with van der Waals surface area (Å²) in [7, 11) is 0. The van der Waals surface area contributed by atoms with E-state index in [1.165, 1.54) is 0 Å². The molecular formula is C30H40N6O3S. The second-order valence-electron chi connectivity index (χ2n) is 13.3. The first kappa shape index (κ1) is 29.3. The van der Waals surface area contributed by atoms with E-state index in [0.29, 0.717) is 34.2 Å². The van der Waals surface area contributed by atoms with Crippen LogP contribution in [0.1, 0.15) is 79.1 Å². The number of aromatic amines is 1. The Morgan fingerprint density at radius 2 is 1.60 bits per heavy atom. The molecule has 0 fully saturated rings. The van der Waals surface area contributed by atoms with Crippen molar-refractivity contribution in [1.29, 1.82) is 0 Å². The van der Waals surface area contributed by atoms with Gasteiger partial charge >= 0.3 is 11.3 Å². The molecule has 10 heteroatoms. The van der Waals surface area contributed by atoms with E-state index >= 15 is 0 Å². The molecule has 0 spiro atoms. The van der Waals surface area contributed by atoms with Crippen LogP contribution in [0.15, 0.2) is 42.5 Å². The molecule has 9 nitrogen and oxygen atoms in total. The fraction of sp³-hybridized carbons (Fsp3) is 0.433. The van der Waals surface area contributed by atoms with Crippen LogP contribution in [0.25, 0.3) is 17.0 Å². The molecule has 0 saturated carbocycles. The summed E-state index contributed by atoms with van der Waals surface area (Å²) in [6.45, 7) is 20.1. The second kappa shape index (κ2) is 10.4. The first-order valence-corrected chi connectivity index (χ1v) is 14.4. The normalized spacial score (nSPS) is 13.3. The number of hydrogen-bond donors (Lipinski definition) is 3. The molecule has 1 amide bonds. The third-order valence-corrected chi connectivity index (χ3v) is 7.22. The van der Waals surface area contributed by atoms with Crippen molar-refractivity contribution in [3.05, 3.63) is 59.3 Å². The Hall–Kier alpha value is -3.66. The van der Waals surface area contributed by atoms with Crippen LogP contribution in [0, 0.1) is 12.3 Å². The van der Waals surface area contributed by atoms with Gasteiger partial charge in [0.05, 0.1) is 5.69 Å². The maximum atomic E-state index is 13.1.